The third-order valence-electron chi connectivity index (χ3n) is 10.0. The Morgan fingerprint density at radius 1 is 1.00 bits per heavy atom. The average molecular weight is 318 g/mol. The first-order chi connectivity index (χ1) is 10.7. The van der Waals surface area contributed by atoms with Crippen LogP contribution in [-0.2, 0) is 4.79 Å². The molecule has 0 saturated heterocycles. The molecule has 0 heterocycles. The van der Waals surface area contributed by atoms with Crippen LogP contribution in [0.4, 0.5) is 0 Å². The van der Waals surface area contributed by atoms with E-state index in [0.717, 1.165) is 24.7 Å². The molecule has 9 unspecified atom stereocenters. The van der Waals surface area contributed by atoms with Gasteiger partial charge in [-0.3, -0.25) is 4.79 Å². The van der Waals surface area contributed by atoms with Gasteiger partial charge < -0.3 is 10.2 Å². The lowest BCUT2D eigenvalue weighted by atomic mass is 9.39. The van der Waals surface area contributed by atoms with E-state index in [-0.39, 0.29) is 11.3 Å². The highest BCUT2D eigenvalue weighted by molar-refractivity contribution is 5.76. The number of aliphatic hydroxyl groups excluding tert-OH is 1. The molecule has 6 rings (SSSR count). The fourth-order valence-electron chi connectivity index (χ4n) is 8.82. The highest BCUT2D eigenvalue weighted by Gasteiger charge is 2.79. The Labute approximate surface area is 138 Å². The van der Waals surface area contributed by atoms with Crippen molar-refractivity contribution in [2.75, 3.05) is 0 Å². The van der Waals surface area contributed by atoms with Gasteiger partial charge in [0.05, 0.1) is 11.5 Å². The maximum absolute atomic E-state index is 12.1. The Kier molecular flexibility index (Phi) is 2.45. The zero-order valence-electron chi connectivity index (χ0n) is 14.6. The second kappa shape index (κ2) is 3.81. The van der Waals surface area contributed by atoms with Gasteiger partial charge in [0.2, 0.25) is 0 Å². The quantitative estimate of drug-likeness (QED) is 0.775. The Morgan fingerprint density at radius 2 is 1.74 bits per heavy atom. The zero-order chi connectivity index (χ0) is 16.4. The molecule has 3 nitrogen and oxygen atoms in total. The topological polar surface area (TPSA) is 57.5 Å². The maximum Gasteiger partial charge on any atom is 0.312 e. The minimum atomic E-state index is -0.956. The van der Waals surface area contributed by atoms with E-state index in [2.05, 4.69) is 13.8 Å². The van der Waals surface area contributed by atoms with Gasteiger partial charge in [-0.15, -0.1) is 0 Å². The molecule has 23 heavy (non-hydrogen) atoms. The number of hydrogen-bond donors (Lipinski definition) is 2. The Balaban J connectivity index is 1.57. The van der Waals surface area contributed by atoms with Crippen LogP contribution in [0.3, 0.4) is 0 Å². The molecule has 4 bridgehead atoms. The minimum Gasteiger partial charge on any atom is -0.481 e. The van der Waals surface area contributed by atoms with Crippen LogP contribution in [0.5, 0.6) is 0 Å². The first kappa shape index (κ1) is 14.7. The molecular formula is C20H30O3. The number of aliphatic hydroxyl groups is 1. The van der Waals surface area contributed by atoms with E-state index in [1.165, 1.54) is 25.7 Å². The van der Waals surface area contributed by atoms with E-state index in [1.54, 1.807) is 0 Å². The van der Waals surface area contributed by atoms with Crippen LogP contribution in [0.25, 0.3) is 0 Å². The van der Waals surface area contributed by atoms with Crippen molar-refractivity contribution in [1.82, 2.24) is 0 Å². The molecule has 0 aromatic rings. The number of aliphatic carboxylic acids is 1. The van der Waals surface area contributed by atoms with Crippen molar-refractivity contribution in [1.29, 1.82) is 0 Å². The van der Waals surface area contributed by atoms with E-state index in [4.69, 9.17) is 0 Å². The van der Waals surface area contributed by atoms with Gasteiger partial charge in [0.1, 0.15) is 0 Å². The SMILES string of the molecule is CC12CC34CCC5C(C)(CCC(O)C5(C)C(=O)O)C3CC1C2C4. The molecular weight excluding hydrogens is 288 g/mol. The van der Waals surface area contributed by atoms with Crippen molar-refractivity contribution in [2.45, 2.75) is 71.8 Å². The molecule has 128 valence electrons. The summed E-state index contributed by atoms with van der Waals surface area (Å²) in [5, 5.41) is 20.5. The van der Waals surface area contributed by atoms with Crippen molar-refractivity contribution >= 4 is 5.97 Å². The summed E-state index contributed by atoms with van der Waals surface area (Å²) in [6, 6.07) is 0. The van der Waals surface area contributed by atoms with Crippen LogP contribution in [-0.4, -0.2) is 22.3 Å². The third-order valence-corrected chi connectivity index (χ3v) is 10.0. The largest absolute Gasteiger partial charge is 0.481 e. The number of carboxylic acid groups (broad SMARTS) is 1. The van der Waals surface area contributed by atoms with Crippen LogP contribution in [0.2, 0.25) is 0 Å². The van der Waals surface area contributed by atoms with Crippen LogP contribution < -0.4 is 0 Å². The zero-order valence-corrected chi connectivity index (χ0v) is 14.6. The monoisotopic (exact) mass is 318 g/mol. The van der Waals surface area contributed by atoms with Crippen LogP contribution in [0, 0.1) is 45.3 Å². The van der Waals surface area contributed by atoms with E-state index < -0.39 is 17.5 Å². The molecule has 3 heteroatoms. The third kappa shape index (κ3) is 1.38. The number of carbonyl (C=O) groups is 1. The molecule has 2 N–H and O–H groups in total. The number of fused-ring (bicyclic) bond motifs is 1. The van der Waals surface area contributed by atoms with Gasteiger partial charge in [-0.2, -0.15) is 0 Å². The van der Waals surface area contributed by atoms with Gasteiger partial charge in [0.15, 0.2) is 0 Å². The molecule has 1 spiro atoms. The predicted octanol–water partition coefficient (Wildman–Crippen LogP) is 3.70. The summed E-state index contributed by atoms with van der Waals surface area (Å²) in [5.74, 6) is 1.92. The normalized spacial score (nSPS) is 65.7. The van der Waals surface area contributed by atoms with E-state index >= 15 is 0 Å². The summed E-state index contributed by atoms with van der Waals surface area (Å²) < 4.78 is 0. The maximum atomic E-state index is 12.1. The van der Waals surface area contributed by atoms with Crippen molar-refractivity contribution in [2.24, 2.45) is 45.3 Å². The van der Waals surface area contributed by atoms with Crippen molar-refractivity contribution in [3.63, 3.8) is 0 Å². The number of carboxylic acids is 1. The molecule has 6 aliphatic carbocycles. The molecule has 0 aromatic carbocycles. The molecule has 0 radical (unpaired) electrons. The van der Waals surface area contributed by atoms with Gasteiger partial charge in [-0.05, 0) is 91.8 Å². The van der Waals surface area contributed by atoms with Gasteiger partial charge >= 0.3 is 5.97 Å². The van der Waals surface area contributed by atoms with Crippen LogP contribution in [0.15, 0.2) is 0 Å². The first-order valence-corrected chi connectivity index (χ1v) is 9.60. The summed E-state index contributed by atoms with van der Waals surface area (Å²) >= 11 is 0. The lowest BCUT2D eigenvalue weighted by Gasteiger charge is -2.65. The standard InChI is InChI=1S/C20H30O3/c1-17-6-5-15(21)19(3,16(22)23)13(17)4-7-20-9-12-11(8-14(17)20)18(12,2)10-20/h11-15,21H,4-10H2,1-3H3,(H,22,23). The molecule has 6 saturated carbocycles. The molecule has 6 aliphatic rings. The molecule has 6 fully saturated rings. The lowest BCUT2D eigenvalue weighted by Crippen LogP contribution is -2.63. The Morgan fingerprint density at radius 3 is 2.35 bits per heavy atom. The molecule has 0 aliphatic heterocycles. The van der Waals surface area contributed by atoms with E-state index in [9.17, 15) is 15.0 Å². The number of rotatable bonds is 1. The van der Waals surface area contributed by atoms with Gasteiger partial charge in [-0.25, -0.2) is 0 Å². The van der Waals surface area contributed by atoms with Crippen molar-refractivity contribution < 1.29 is 15.0 Å². The first-order valence-electron chi connectivity index (χ1n) is 9.60. The summed E-state index contributed by atoms with van der Waals surface area (Å²) in [4.78, 5) is 12.1. The average Bonchev–Trinajstić information content (AvgIpc) is 2.94. The smallest absolute Gasteiger partial charge is 0.312 e. The van der Waals surface area contributed by atoms with Gasteiger partial charge in [0.25, 0.3) is 0 Å². The lowest BCUT2D eigenvalue weighted by molar-refractivity contribution is -0.209. The number of hydrogen-bond acceptors (Lipinski definition) is 2. The van der Waals surface area contributed by atoms with Crippen molar-refractivity contribution in [3.05, 3.63) is 0 Å². The van der Waals surface area contributed by atoms with Gasteiger partial charge in [-0.1, -0.05) is 13.8 Å². The minimum absolute atomic E-state index is 0.111. The fraction of sp³-hybridized carbons (Fsp3) is 0.950. The Hall–Kier alpha value is -0.570. The van der Waals surface area contributed by atoms with Gasteiger partial charge in [0, 0.05) is 0 Å². The highest BCUT2D eigenvalue weighted by atomic mass is 16.4. The molecule has 0 aromatic heterocycles. The van der Waals surface area contributed by atoms with E-state index in [0.29, 0.717) is 23.2 Å². The van der Waals surface area contributed by atoms with Crippen molar-refractivity contribution in [3.8, 4) is 0 Å². The second-order valence-corrected chi connectivity index (χ2v) is 10.5. The fourth-order valence-corrected chi connectivity index (χ4v) is 8.82. The second-order valence-electron chi connectivity index (χ2n) is 10.5. The van der Waals surface area contributed by atoms with Crippen LogP contribution >= 0.6 is 0 Å². The summed E-state index contributed by atoms with van der Waals surface area (Å²) in [6.07, 6.45) is 7.33. The highest BCUT2D eigenvalue weighted by Crippen LogP contribution is 2.85. The van der Waals surface area contributed by atoms with Crippen LogP contribution in [0.1, 0.15) is 65.7 Å². The molecule has 9 atom stereocenters. The summed E-state index contributed by atoms with van der Waals surface area (Å²) in [5.41, 5.74) is 0.284. The summed E-state index contributed by atoms with van der Waals surface area (Å²) in [7, 11) is 0. The Bertz CT molecular complexity index is 602. The predicted molar refractivity (Wildman–Crippen MR) is 86.7 cm³/mol. The molecule has 0 amide bonds. The summed E-state index contributed by atoms with van der Waals surface area (Å²) in [6.45, 7) is 6.72. The van der Waals surface area contributed by atoms with E-state index in [1.807, 2.05) is 6.92 Å².